The van der Waals surface area contributed by atoms with Crippen molar-refractivity contribution in [3.63, 3.8) is 0 Å². The van der Waals surface area contributed by atoms with Crippen LogP contribution in [0.15, 0.2) is 48.8 Å². The predicted octanol–water partition coefficient (Wildman–Crippen LogP) is 5.07. The zero-order valence-electron chi connectivity index (χ0n) is 19.8. The lowest BCUT2D eigenvalue weighted by Gasteiger charge is -2.31. The first-order chi connectivity index (χ1) is 16.8. The van der Waals surface area contributed by atoms with Crippen LogP contribution >= 0.6 is 0 Å². The van der Waals surface area contributed by atoms with E-state index >= 15 is 0 Å². The Labute approximate surface area is 203 Å². The molecule has 7 nitrogen and oxygen atoms in total. The van der Waals surface area contributed by atoms with Crippen LogP contribution in [0.5, 0.6) is 0 Å². The van der Waals surface area contributed by atoms with E-state index in [2.05, 4.69) is 15.3 Å². The summed E-state index contributed by atoms with van der Waals surface area (Å²) in [6.07, 6.45) is 7.19. The summed E-state index contributed by atoms with van der Waals surface area (Å²) in [5, 5.41) is 12.5. The molecule has 0 aliphatic heterocycles. The van der Waals surface area contributed by atoms with Crippen LogP contribution in [-0.4, -0.2) is 27.0 Å². The van der Waals surface area contributed by atoms with Crippen molar-refractivity contribution >= 4 is 28.5 Å². The molecule has 3 aromatic rings. The normalized spacial score (nSPS) is 23.8. The van der Waals surface area contributed by atoms with Crippen LogP contribution < -0.4 is 10.8 Å². The van der Waals surface area contributed by atoms with E-state index in [1.165, 1.54) is 23.9 Å². The number of hydrogen-bond acceptors (Lipinski definition) is 5. The van der Waals surface area contributed by atoms with Gasteiger partial charge in [0.15, 0.2) is 0 Å². The number of carbonyl (C=O) groups is 2. The highest BCUT2D eigenvalue weighted by Crippen LogP contribution is 2.56. The van der Waals surface area contributed by atoms with Gasteiger partial charge in [0.25, 0.3) is 5.91 Å². The first kappa shape index (κ1) is 23.4. The summed E-state index contributed by atoms with van der Waals surface area (Å²) >= 11 is 0. The van der Waals surface area contributed by atoms with Crippen molar-refractivity contribution in [2.24, 2.45) is 23.2 Å². The van der Waals surface area contributed by atoms with Crippen LogP contribution in [0.3, 0.4) is 0 Å². The number of fused-ring (bicyclic) bond motifs is 2. The monoisotopic (exact) mass is 476 g/mol. The molecule has 1 aromatic carbocycles. The molecule has 5 rings (SSSR count). The quantitative estimate of drug-likeness (QED) is 0.352. The second-order valence-electron chi connectivity index (χ2n) is 10.5. The standard InChI is InChI=1S/C27H29FN4O3/c1-27(2,26(34)31-24-6-3-15(14-30-24)25(33)32-35)19-11-16-9-18(10-17(16)12-19)21-7-8-29-23-5-4-20(28)13-22(21)23/h3-8,13-14,16-19,35H,9-12H2,1-2H3,(H,32,33)(H,30,31,34)/t16-,17+,18?,19?. The molecular formula is C27H29FN4O3. The number of halogens is 1. The number of nitrogens with zero attached hydrogens (tertiary/aromatic N) is 2. The number of aromatic nitrogens is 2. The molecule has 35 heavy (non-hydrogen) atoms. The largest absolute Gasteiger partial charge is 0.310 e. The Balaban J connectivity index is 1.24. The molecule has 2 saturated carbocycles. The van der Waals surface area contributed by atoms with E-state index < -0.39 is 11.3 Å². The van der Waals surface area contributed by atoms with Crippen molar-refractivity contribution in [1.82, 2.24) is 15.4 Å². The number of benzene rings is 1. The van der Waals surface area contributed by atoms with Crippen LogP contribution in [0.1, 0.15) is 61.4 Å². The molecule has 2 aliphatic carbocycles. The molecule has 8 heteroatoms. The Bertz CT molecular complexity index is 1260. The molecule has 182 valence electrons. The van der Waals surface area contributed by atoms with Gasteiger partial charge in [-0.1, -0.05) is 13.8 Å². The van der Waals surface area contributed by atoms with E-state index in [1.54, 1.807) is 23.7 Å². The summed E-state index contributed by atoms with van der Waals surface area (Å²) in [5.74, 6) is 1.11. The van der Waals surface area contributed by atoms with Gasteiger partial charge in [-0.25, -0.2) is 14.9 Å². The van der Waals surface area contributed by atoms with Crippen molar-refractivity contribution in [2.45, 2.75) is 45.4 Å². The topological polar surface area (TPSA) is 104 Å². The molecule has 0 saturated heterocycles. The highest BCUT2D eigenvalue weighted by atomic mass is 19.1. The summed E-state index contributed by atoms with van der Waals surface area (Å²) in [7, 11) is 0. The smallest absolute Gasteiger partial charge is 0.276 e. The molecule has 2 unspecified atom stereocenters. The number of anilines is 1. The Morgan fingerprint density at radius 3 is 2.43 bits per heavy atom. The van der Waals surface area contributed by atoms with Crippen molar-refractivity contribution in [2.75, 3.05) is 5.32 Å². The van der Waals surface area contributed by atoms with E-state index in [0.29, 0.717) is 23.6 Å². The fourth-order valence-corrected chi connectivity index (χ4v) is 6.08. The van der Waals surface area contributed by atoms with Crippen LogP contribution in [0.25, 0.3) is 10.9 Å². The Morgan fingerprint density at radius 1 is 1.03 bits per heavy atom. The Morgan fingerprint density at radius 2 is 1.77 bits per heavy atom. The van der Waals surface area contributed by atoms with E-state index in [1.807, 2.05) is 26.1 Å². The lowest BCUT2D eigenvalue weighted by molar-refractivity contribution is -0.126. The van der Waals surface area contributed by atoms with Gasteiger partial charge in [-0.15, -0.1) is 0 Å². The number of rotatable bonds is 5. The fraction of sp³-hybridized carbons (Fsp3) is 0.407. The first-order valence-electron chi connectivity index (χ1n) is 12.0. The van der Waals surface area contributed by atoms with Crippen LogP contribution in [0.2, 0.25) is 0 Å². The van der Waals surface area contributed by atoms with E-state index in [-0.39, 0.29) is 23.2 Å². The first-order valence-corrected chi connectivity index (χ1v) is 12.0. The number of carbonyl (C=O) groups excluding carboxylic acids is 2. The van der Waals surface area contributed by atoms with E-state index in [9.17, 15) is 14.0 Å². The average Bonchev–Trinajstić information content (AvgIpc) is 3.43. The number of amides is 2. The van der Waals surface area contributed by atoms with E-state index in [0.717, 1.165) is 36.6 Å². The third-order valence-electron chi connectivity index (χ3n) is 8.17. The van der Waals surface area contributed by atoms with Gasteiger partial charge in [0.1, 0.15) is 11.6 Å². The van der Waals surface area contributed by atoms with Gasteiger partial charge < -0.3 is 5.32 Å². The lowest BCUT2D eigenvalue weighted by Crippen LogP contribution is -2.37. The van der Waals surface area contributed by atoms with Gasteiger partial charge in [-0.3, -0.25) is 19.8 Å². The molecule has 4 atom stereocenters. The molecule has 0 bridgehead atoms. The maximum absolute atomic E-state index is 13.9. The SMILES string of the molecule is CC(C)(C(=O)Nc1ccc(C(=O)NO)cn1)C1C[C@H]2CC(c3ccnc4ccc(F)cc34)C[C@H]2C1. The minimum atomic E-state index is -0.656. The molecule has 0 spiro atoms. The van der Waals surface area contributed by atoms with Crippen LogP contribution in [0.4, 0.5) is 10.2 Å². The van der Waals surface area contributed by atoms with Gasteiger partial charge in [0.2, 0.25) is 5.91 Å². The maximum atomic E-state index is 13.9. The predicted molar refractivity (Wildman–Crippen MR) is 129 cm³/mol. The van der Waals surface area contributed by atoms with Crippen LogP contribution in [-0.2, 0) is 4.79 Å². The molecule has 2 amide bonds. The number of nitrogens with one attached hydrogen (secondary N) is 2. The Kier molecular flexibility index (Phi) is 6.01. The lowest BCUT2D eigenvalue weighted by atomic mass is 9.75. The minimum absolute atomic E-state index is 0.0958. The summed E-state index contributed by atoms with van der Waals surface area (Å²) in [4.78, 5) is 33.1. The van der Waals surface area contributed by atoms with Crippen molar-refractivity contribution < 1.29 is 19.2 Å². The summed E-state index contributed by atoms with van der Waals surface area (Å²) in [5.41, 5.74) is 3.20. The fourth-order valence-electron chi connectivity index (χ4n) is 6.08. The molecule has 2 aliphatic rings. The minimum Gasteiger partial charge on any atom is -0.310 e. The van der Waals surface area contributed by atoms with Gasteiger partial charge in [-0.2, -0.15) is 0 Å². The summed E-state index contributed by atoms with van der Waals surface area (Å²) in [6, 6.07) is 9.87. The van der Waals surface area contributed by atoms with Crippen molar-refractivity contribution in [1.29, 1.82) is 0 Å². The highest BCUT2D eigenvalue weighted by Gasteiger charge is 2.49. The zero-order chi connectivity index (χ0) is 24.7. The van der Waals surface area contributed by atoms with E-state index in [4.69, 9.17) is 5.21 Å². The van der Waals surface area contributed by atoms with Crippen LogP contribution in [0, 0.1) is 29.0 Å². The molecule has 0 radical (unpaired) electrons. The molecule has 2 heterocycles. The third kappa shape index (κ3) is 4.38. The summed E-state index contributed by atoms with van der Waals surface area (Å²) < 4.78 is 13.9. The molecule has 2 aromatic heterocycles. The number of hydrogen-bond donors (Lipinski definition) is 3. The average molecular weight is 477 g/mol. The summed E-state index contributed by atoms with van der Waals surface area (Å²) in [6.45, 7) is 3.97. The van der Waals surface area contributed by atoms with Crippen molar-refractivity contribution in [3.8, 4) is 0 Å². The Hall–Kier alpha value is -3.39. The zero-order valence-corrected chi connectivity index (χ0v) is 19.8. The van der Waals surface area contributed by atoms with Gasteiger partial charge >= 0.3 is 0 Å². The second-order valence-corrected chi connectivity index (χ2v) is 10.5. The van der Waals surface area contributed by atoms with Gasteiger partial charge in [-0.05, 0) is 91.3 Å². The molecule has 2 fully saturated rings. The molecular weight excluding hydrogens is 447 g/mol. The van der Waals surface area contributed by atoms with Gasteiger partial charge in [0, 0.05) is 23.2 Å². The maximum Gasteiger partial charge on any atom is 0.276 e. The molecule has 3 N–H and O–H groups in total. The second kappa shape index (κ2) is 9.00. The third-order valence-corrected chi connectivity index (χ3v) is 8.17. The van der Waals surface area contributed by atoms with Crippen molar-refractivity contribution in [3.05, 3.63) is 65.7 Å². The number of pyridine rings is 2. The van der Waals surface area contributed by atoms with Gasteiger partial charge in [0.05, 0.1) is 11.1 Å². The highest BCUT2D eigenvalue weighted by molar-refractivity contribution is 5.96. The number of hydroxylamine groups is 1.